The molecule has 0 spiro atoms. The van der Waals surface area contributed by atoms with E-state index < -0.39 is 0 Å². The topological polar surface area (TPSA) is 35.0 Å². The smallest absolute Gasteiger partial charge is 0.0321 e. The first kappa shape index (κ1) is 28.0. The van der Waals surface area contributed by atoms with Gasteiger partial charge < -0.3 is 6.15 Å². The highest BCUT2D eigenvalue weighted by molar-refractivity contribution is 8.93. The molecule has 0 heterocycles. The van der Waals surface area contributed by atoms with Crippen molar-refractivity contribution in [1.82, 2.24) is 6.15 Å². The van der Waals surface area contributed by atoms with Crippen LogP contribution in [-0.2, 0) is 0 Å². The third-order valence-corrected chi connectivity index (χ3v) is 4.76. The Morgan fingerprint density at radius 1 is 0.522 bits per heavy atom. The van der Waals surface area contributed by atoms with Crippen molar-refractivity contribution in [3.05, 3.63) is 11.1 Å². The van der Waals surface area contributed by atoms with E-state index in [-0.39, 0.29) is 23.1 Å². The molecule has 0 fully saturated rings. The van der Waals surface area contributed by atoms with E-state index in [0.717, 1.165) is 0 Å². The summed E-state index contributed by atoms with van der Waals surface area (Å²) < 4.78 is 0. The van der Waals surface area contributed by atoms with Crippen LogP contribution >= 0.6 is 17.0 Å². The Balaban J connectivity index is -0.00000200. The van der Waals surface area contributed by atoms with E-state index in [1.165, 1.54) is 102 Å². The molecule has 0 saturated heterocycles. The number of hydrogen-bond donors (Lipinski definition) is 1. The number of unbranched alkanes of at least 4 members (excludes halogenated alkanes) is 13. The van der Waals surface area contributed by atoms with Crippen LogP contribution in [0.2, 0.25) is 0 Å². The summed E-state index contributed by atoms with van der Waals surface area (Å²) in [5.41, 5.74) is 3.12. The highest BCUT2D eigenvalue weighted by Gasteiger charge is 1.95. The van der Waals surface area contributed by atoms with Crippen molar-refractivity contribution < 1.29 is 0 Å². The summed E-state index contributed by atoms with van der Waals surface area (Å²) in [5.74, 6) is 0. The van der Waals surface area contributed by atoms with Gasteiger partial charge in [-0.15, -0.1) is 17.0 Å². The molecular weight excluding hydrogens is 346 g/mol. The van der Waals surface area contributed by atoms with Gasteiger partial charge in [0.05, 0.1) is 0 Å². The number of allylic oxidation sites excluding steroid dienone is 2. The minimum absolute atomic E-state index is 0. The first-order valence-electron chi connectivity index (χ1n) is 9.81. The molecule has 0 amide bonds. The summed E-state index contributed by atoms with van der Waals surface area (Å²) in [7, 11) is 0. The quantitative estimate of drug-likeness (QED) is 0.219. The summed E-state index contributed by atoms with van der Waals surface area (Å²) in [4.78, 5) is 0. The zero-order valence-corrected chi connectivity index (χ0v) is 18.4. The van der Waals surface area contributed by atoms with Crippen molar-refractivity contribution in [1.29, 1.82) is 0 Å². The molecule has 1 nitrogen and oxygen atoms in total. The largest absolute Gasteiger partial charge is 0.344 e. The number of rotatable bonds is 15. The standard InChI is InChI=1S/C21H42.BrH.H3N/c1-5-6-7-8-9-10-11-12-13-14-15-16-17-18-19-21(4)20(2)3;;/h5-19H2,1-4H3;1H;1H3. The Morgan fingerprint density at radius 3 is 1.13 bits per heavy atom. The van der Waals surface area contributed by atoms with Crippen molar-refractivity contribution in [2.24, 2.45) is 0 Å². The summed E-state index contributed by atoms with van der Waals surface area (Å²) in [6.07, 6.45) is 21.7. The molecule has 0 aliphatic heterocycles. The molecule has 2 heteroatoms. The van der Waals surface area contributed by atoms with Gasteiger partial charge in [-0.05, 0) is 33.6 Å². The van der Waals surface area contributed by atoms with E-state index >= 15 is 0 Å². The fourth-order valence-corrected chi connectivity index (χ4v) is 2.83. The minimum Gasteiger partial charge on any atom is -0.344 e. The van der Waals surface area contributed by atoms with Crippen LogP contribution in [0.3, 0.4) is 0 Å². The lowest BCUT2D eigenvalue weighted by molar-refractivity contribution is 0.535. The highest BCUT2D eigenvalue weighted by Crippen LogP contribution is 2.15. The fraction of sp³-hybridized carbons (Fsp3) is 0.905. The van der Waals surface area contributed by atoms with Gasteiger partial charge in [-0.25, -0.2) is 0 Å². The molecule has 0 aromatic rings. The average Bonchev–Trinajstić information content (AvgIpc) is 2.47. The van der Waals surface area contributed by atoms with Gasteiger partial charge in [-0.2, -0.15) is 0 Å². The van der Waals surface area contributed by atoms with Crippen LogP contribution in [0.1, 0.15) is 124 Å². The summed E-state index contributed by atoms with van der Waals surface area (Å²) in [6, 6.07) is 0. The van der Waals surface area contributed by atoms with Gasteiger partial charge in [0.1, 0.15) is 0 Å². The van der Waals surface area contributed by atoms with Gasteiger partial charge in [0.2, 0.25) is 0 Å². The molecule has 23 heavy (non-hydrogen) atoms. The Bertz CT molecular complexity index is 244. The third-order valence-electron chi connectivity index (χ3n) is 4.76. The molecule has 0 aliphatic carbocycles. The number of hydrogen-bond acceptors (Lipinski definition) is 1. The zero-order chi connectivity index (χ0) is 15.8. The molecule has 0 bridgehead atoms. The predicted molar refractivity (Wildman–Crippen MR) is 114 cm³/mol. The van der Waals surface area contributed by atoms with Gasteiger partial charge in [0.15, 0.2) is 0 Å². The van der Waals surface area contributed by atoms with Crippen LogP contribution in [0.5, 0.6) is 0 Å². The Kier molecular flexibility index (Phi) is 27.0. The lowest BCUT2D eigenvalue weighted by Gasteiger charge is -2.05. The second kappa shape index (κ2) is 22.2. The maximum Gasteiger partial charge on any atom is -0.0321 e. The first-order valence-corrected chi connectivity index (χ1v) is 9.81. The summed E-state index contributed by atoms with van der Waals surface area (Å²) in [5, 5.41) is 0. The highest BCUT2D eigenvalue weighted by atomic mass is 79.9. The second-order valence-electron chi connectivity index (χ2n) is 7.13. The van der Waals surface area contributed by atoms with Gasteiger partial charge in [-0.1, -0.05) is 102 Å². The van der Waals surface area contributed by atoms with Crippen LogP contribution in [0, 0.1) is 0 Å². The van der Waals surface area contributed by atoms with E-state index in [0.29, 0.717) is 0 Å². The third kappa shape index (κ3) is 22.2. The summed E-state index contributed by atoms with van der Waals surface area (Å²) >= 11 is 0. The summed E-state index contributed by atoms with van der Waals surface area (Å²) in [6.45, 7) is 9.05. The molecule has 0 atom stereocenters. The van der Waals surface area contributed by atoms with Crippen molar-refractivity contribution in [2.45, 2.75) is 124 Å². The molecule has 0 radical (unpaired) electrons. The van der Waals surface area contributed by atoms with E-state index in [4.69, 9.17) is 0 Å². The monoisotopic (exact) mass is 391 g/mol. The lowest BCUT2D eigenvalue weighted by Crippen LogP contribution is -1.85. The van der Waals surface area contributed by atoms with Crippen LogP contribution < -0.4 is 6.15 Å². The van der Waals surface area contributed by atoms with Crippen LogP contribution in [0.4, 0.5) is 0 Å². The first-order chi connectivity index (χ1) is 10.2. The Morgan fingerprint density at radius 2 is 0.826 bits per heavy atom. The van der Waals surface area contributed by atoms with Crippen molar-refractivity contribution in [3.8, 4) is 0 Å². The molecule has 0 rings (SSSR count). The molecule has 0 saturated carbocycles. The van der Waals surface area contributed by atoms with Gasteiger partial charge in [-0.3, -0.25) is 0 Å². The molecule has 0 aromatic heterocycles. The zero-order valence-electron chi connectivity index (χ0n) is 16.7. The molecular formula is C21H46BrN. The van der Waals surface area contributed by atoms with Crippen LogP contribution in [0.25, 0.3) is 0 Å². The lowest BCUT2D eigenvalue weighted by atomic mass is 10.0. The normalized spacial score (nSPS) is 9.91. The molecule has 0 aromatic carbocycles. The molecule has 142 valence electrons. The molecule has 0 unspecified atom stereocenters. The van der Waals surface area contributed by atoms with Gasteiger partial charge in [0.25, 0.3) is 0 Å². The Labute approximate surface area is 158 Å². The molecule has 0 aliphatic rings. The van der Waals surface area contributed by atoms with Crippen LogP contribution in [-0.4, -0.2) is 0 Å². The van der Waals surface area contributed by atoms with Crippen molar-refractivity contribution >= 4 is 17.0 Å². The maximum atomic E-state index is 2.29. The van der Waals surface area contributed by atoms with Gasteiger partial charge in [0, 0.05) is 0 Å². The fourth-order valence-electron chi connectivity index (χ4n) is 2.83. The van der Waals surface area contributed by atoms with Crippen molar-refractivity contribution in [3.63, 3.8) is 0 Å². The van der Waals surface area contributed by atoms with E-state index in [9.17, 15) is 0 Å². The van der Waals surface area contributed by atoms with Crippen molar-refractivity contribution in [2.75, 3.05) is 0 Å². The van der Waals surface area contributed by atoms with E-state index in [1.807, 2.05) is 0 Å². The maximum absolute atomic E-state index is 2.29. The molecule has 3 N–H and O–H groups in total. The number of halogens is 1. The van der Waals surface area contributed by atoms with E-state index in [1.54, 1.807) is 5.57 Å². The second-order valence-corrected chi connectivity index (χ2v) is 7.13. The average molecular weight is 393 g/mol. The van der Waals surface area contributed by atoms with Gasteiger partial charge >= 0.3 is 0 Å². The minimum atomic E-state index is 0. The predicted octanol–water partition coefficient (Wildman–Crippen LogP) is 8.95. The van der Waals surface area contributed by atoms with Crippen LogP contribution in [0.15, 0.2) is 11.1 Å². The SMILES string of the molecule is Br.CCCCCCCCCCCCCCCCC(C)=C(C)C.N. The van der Waals surface area contributed by atoms with E-state index in [2.05, 4.69) is 27.7 Å². The Hall–Kier alpha value is 0.180.